The van der Waals surface area contributed by atoms with E-state index in [4.69, 9.17) is 4.84 Å². The molecule has 1 aliphatic carbocycles. The number of hydrogen-bond donors (Lipinski definition) is 4. The molecule has 1 saturated carbocycles. The van der Waals surface area contributed by atoms with E-state index in [1.807, 2.05) is 20.8 Å². The number of carbonyl (C=O) groups is 1. The van der Waals surface area contributed by atoms with E-state index in [2.05, 4.69) is 16.1 Å². The third-order valence-electron chi connectivity index (χ3n) is 3.25. The van der Waals surface area contributed by atoms with Gasteiger partial charge in [0.15, 0.2) is 0 Å². The van der Waals surface area contributed by atoms with Crippen LogP contribution in [0, 0.1) is 0 Å². The van der Waals surface area contributed by atoms with Crippen molar-refractivity contribution in [3.8, 4) is 0 Å². The van der Waals surface area contributed by atoms with Gasteiger partial charge >= 0.3 is 6.03 Å². The van der Waals surface area contributed by atoms with Crippen molar-refractivity contribution in [1.82, 2.24) is 16.1 Å². The van der Waals surface area contributed by atoms with Gasteiger partial charge < -0.3 is 15.7 Å². The fourth-order valence-electron chi connectivity index (χ4n) is 2.15. The first kappa shape index (κ1) is 17.2. The average molecular weight is 287 g/mol. The van der Waals surface area contributed by atoms with Crippen LogP contribution in [0.5, 0.6) is 0 Å². The van der Waals surface area contributed by atoms with Crippen LogP contribution in [-0.2, 0) is 4.84 Å². The molecule has 0 saturated heterocycles. The molecule has 20 heavy (non-hydrogen) atoms. The minimum atomic E-state index is -0.649. The molecule has 6 nitrogen and oxygen atoms in total. The number of hydroxylamine groups is 1. The topological polar surface area (TPSA) is 82.6 Å². The average Bonchev–Trinajstić information content (AvgIpc) is 2.37. The van der Waals surface area contributed by atoms with E-state index < -0.39 is 6.10 Å². The summed E-state index contributed by atoms with van der Waals surface area (Å²) in [6.45, 7) is 6.57. The maximum atomic E-state index is 11.6. The van der Waals surface area contributed by atoms with Crippen molar-refractivity contribution < 1.29 is 14.7 Å². The fraction of sp³-hybridized carbons (Fsp3) is 0.929. The third-order valence-corrected chi connectivity index (χ3v) is 3.25. The molecule has 118 valence electrons. The van der Waals surface area contributed by atoms with Crippen LogP contribution in [-0.4, -0.2) is 42.0 Å². The second kappa shape index (κ2) is 8.44. The maximum absolute atomic E-state index is 11.6. The second-order valence-electron chi connectivity index (χ2n) is 6.51. The zero-order valence-electron chi connectivity index (χ0n) is 12.9. The van der Waals surface area contributed by atoms with Gasteiger partial charge in [0.05, 0.1) is 6.10 Å². The molecule has 0 spiro atoms. The molecule has 4 N–H and O–H groups in total. The molecule has 1 atom stereocenters. The second-order valence-corrected chi connectivity index (χ2v) is 6.51. The summed E-state index contributed by atoms with van der Waals surface area (Å²) < 4.78 is 0. The zero-order valence-corrected chi connectivity index (χ0v) is 12.9. The molecule has 0 bridgehead atoms. The summed E-state index contributed by atoms with van der Waals surface area (Å²) >= 11 is 0. The highest BCUT2D eigenvalue weighted by molar-refractivity contribution is 5.73. The molecular weight excluding hydrogens is 258 g/mol. The molecular formula is C14H29N3O3. The quantitative estimate of drug-likeness (QED) is 0.555. The molecule has 0 aromatic rings. The summed E-state index contributed by atoms with van der Waals surface area (Å²) in [7, 11) is 0. The Labute approximate surface area is 121 Å². The molecule has 0 aliphatic heterocycles. The van der Waals surface area contributed by atoms with Gasteiger partial charge in [-0.1, -0.05) is 19.3 Å². The van der Waals surface area contributed by atoms with E-state index in [0.29, 0.717) is 6.54 Å². The zero-order chi connectivity index (χ0) is 15.0. The van der Waals surface area contributed by atoms with Gasteiger partial charge in [0.1, 0.15) is 6.61 Å². The van der Waals surface area contributed by atoms with Gasteiger partial charge in [0.2, 0.25) is 0 Å². The lowest BCUT2D eigenvalue weighted by atomic mass is 9.96. The Kier molecular flexibility index (Phi) is 7.26. The van der Waals surface area contributed by atoms with Crippen LogP contribution >= 0.6 is 0 Å². The Balaban J connectivity index is 2.05. The fourth-order valence-corrected chi connectivity index (χ4v) is 2.15. The molecule has 1 rings (SSSR count). The summed E-state index contributed by atoms with van der Waals surface area (Å²) in [6.07, 6.45) is 5.01. The summed E-state index contributed by atoms with van der Waals surface area (Å²) in [5.74, 6) is 0. The summed E-state index contributed by atoms with van der Waals surface area (Å²) in [4.78, 5) is 16.6. The predicted octanol–water partition coefficient (Wildman–Crippen LogP) is 1.30. The largest absolute Gasteiger partial charge is 0.389 e. The van der Waals surface area contributed by atoms with Crippen LogP contribution in [0.1, 0.15) is 52.9 Å². The van der Waals surface area contributed by atoms with Crippen LogP contribution in [0.25, 0.3) is 0 Å². The van der Waals surface area contributed by atoms with E-state index in [1.54, 1.807) is 0 Å². The Morgan fingerprint density at radius 1 is 1.30 bits per heavy atom. The van der Waals surface area contributed by atoms with Crippen LogP contribution in [0.2, 0.25) is 0 Å². The van der Waals surface area contributed by atoms with Gasteiger partial charge in [0.25, 0.3) is 0 Å². The number of aliphatic hydroxyl groups excluding tert-OH is 1. The third kappa shape index (κ3) is 8.35. The van der Waals surface area contributed by atoms with Crippen LogP contribution in [0.4, 0.5) is 4.79 Å². The summed E-state index contributed by atoms with van der Waals surface area (Å²) in [6, 6.07) is -0.0762. The van der Waals surface area contributed by atoms with Crippen molar-refractivity contribution in [3.63, 3.8) is 0 Å². The number of carbonyl (C=O) groups excluding carboxylic acids is 1. The summed E-state index contributed by atoms with van der Waals surface area (Å²) in [5.41, 5.74) is 2.27. The van der Waals surface area contributed by atoms with E-state index in [0.717, 1.165) is 12.8 Å². The molecule has 6 heteroatoms. The van der Waals surface area contributed by atoms with Gasteiger partial charge in [-0.25, -0.2) is 10.3 Å². The highest BCUT2D eigenvalue weighted by atomic mass is 16.7. The van der Waals surface area contributed by atoms with Crippen molar-refractivity contribution in [2.24, 2.45) is 0 Å². The van der Waals surface area contributed by atoms with E-state index >= 15 is 0 Å². The minimum absolute atomic E-state index is 0.0488. The van der Waals surface area contributed by atoms with Crippen molar-refractivity contribution in [2.45, 2.75) is 70.6 Å². The van der Waals surface area contributed by atoms with Crippen LogP contribution in [0.15, 0.2) is 0 Å². The molecule has 1 aliphatic rings. The number of rotatable bonds is 6. The van der Waals surface area contributed by atoms with Gasteiger partial charge in [-0.05, 0) is 33.6 Å². The van der Waals surface area contributed by atoms with E-state index in [9.17, 15) is 9.90 Å². The van der Waals surface area contributed by atoms with E-state index in [1.165, 1.54) is 19.3 Å². The smallest absolute Gasteiger partial charge is 0.338 e. The molecule has 1 unspecified atom stereocenters. The van der Waals surface area contributed by atoms with Gasteiger partial charge in [-0.15, -0.1) is 0 Å². The highest BCUT2D eigenvalue weighted by Gasteiger charge is 2.16. The minimum Gasteiger partial charge on any atom is -0.389 e. The number of urea groups is 1. The standard InChI is InChI=1S/C14H29N3O3/c1-14(2,3)15-9-12(18)10-20-17-13(19)16-11-7-5-4-6-8-11/h11-12,15,18H,4-10H2,1-3H3,(H2,16,17,19). The molecule has 0 heterocycles. The highest BCUT2D eigenvalue weighted by Crippen LogP contribution is 2.17. The van der Waals surface area contributed by atoms with Crippen molar-refractivity contribution in [1.29, 1.82) is 0 Å². The monoisotopic (exact) mass is 287 g/mol. The SMILES string of the molecule is CC(C)(C)NCC(O)CONC(=O)NC1CCCCC1. The van der Waals surface area contributed by atoms with Crippen LogP contribution in [0.3, 0.4) is 0 Å². The number of nitrogens with one attached hydrogen (secondary N) is 3. The molecule has 0 aromatic carbocycles. The first-order valence-corrected chi connectivity index (χ1v) is 7.48. The predicted molar refractivity (Wildman–Crippen MR) is 78.3 cm³/mol. The number of aliphatic hydroxyl groups is 1. The van der Waals surface area contributed by atoms with E-state index in [-0.39, 0.29) is 24.2 Å². The molecule has 1 fully saturated rings. The van der Waals surface area contributed by atoms with Crippen molar-refractivity contribution in [3.05, 3.63) is 0 Å². The molecule has 0 radical (unpaired) electrons. The van der Waals surface area contributed by atoms with Gasteiger partial charge in [-0.2, -0.15) is 0 Å². The van der Waals surface area contributed by atoms with Gasteiger partial charge in [0, 0.05) is 18.1 Å². The lowest BCUT2D eigenvalue weighted by Crippen LogP contribution is -2.45. The number of hydrogen-bond acceptors (Lipinski definition) is 4. The van der Waals surface area contributed by atoms with Crippen molar-refractivity contribution >= 4 is 6.03 Å². The van der Waals surface area contributed by atoms with Gasteiger partial charge in [-0.3, -0.25) is 4.84 Å². The first-order chi connectivity index (χ1) is 9.37. The maximum Gasteiger partial charge on any atom is 0.338 e. The first-order valence-electron chi connectivity index (χ1n) is 7.48. The molecule has 2 amide bonds. The Morgan fingerprint density at radius 2 is 1.95 bits per heavy atom. The Hall–Kier alpha value is -0.850. The molecule has 0 aromatic heterocycles. The lowest BCUT2D eigenvalue weighted by Gasteiger charge is -2.24. The Bertz CT molecular complexity index is 286. The normalized spacial score (nSPS) is 18.6. The van der Waals surface area contributed by atoms with Crippen molar-refractivity contribution in [2.75, 3.05) is 13.2 Å². The lowest BCUT2D eigenvalue weighted by molar-refractivity contribution is -0.00474. The summed E-state index contributed by atoms with van der Waals surface area (Å²) in [5, 5.41) is 15.7. The van der Waals surface area contributed by atoms with Crippen LogP contribution < -0.4 is 16.1 Å². The number of β-amino-alcohol motifs (C(OH)–C–C–N with tert-alkyl or cyclic N) is 1. The Morgan fingerprint density at radius 3 is 2.55 bits per heavy atom. The number of amides is 2.